The molecule has 23 nitrogen and oxygen atoms in total. The molecule has 1 unspecified atom stereocenters. The van der Waals surface area contributed by atoms with Crippen LogP contribution in [0.2, 0.25) is 0 Å². The molecule has 2 aliphatic heterocycles. The van der Waals surface area contributed by atoms with Gasteiger partial charge in [0.15, 0.2) is 18.7 Å². The number of carbonyl (C=O) groups is 6. The zero-order valence-corrected chi connectivity index (χ0v) is 77.9. The molecule has 2 saturated heterocycles. The number of ether oxygens (including phenoxy) is 7. The van der Waals surface area contributed by atoms with Crippen LogP contribution in [0, 0.1) is 0 Å². The van der Waals surface area contributed by atoms with Crippen molar-refractivity contribution in [3.8, 4) is 0 Å². The molecular formula is C96H181N2O21P. The van der Waals surface area contributed by atoms with E-state index in [4.69, 9.17) is 37.7 Å². The number of esters is 4. The van der Waals surface area contributed by atoms with E-state index in [1.54, 1.807) is 0 Å². The minimum absolute atomic E-state index is 0.124. The highest BCUT2D eigenvalue weighted by Gasteiger charge is 2.53. The molecular weight excluding hydrogens is 1550 g/mol. The number of nitrogens with one attached hydrogen (secondary N) is 2. The molecule has 0 aromatic rings. The molecule has 0 aromatic heterocycles. The summed E-state index contributed by atoms with van der Waals surface area (Å²) in [7, 11) is -5.58. The lowest BCUT2D eigenvalue weighted by molar-refractivity contribution is -0.297. The third-order valence-corrected chi connectivity index (χ3v) is 24.6. The summed E-state index contributed by atoms with van der Waals surface area (Å²) in [6.07, 6.45) is 46.7. The van der Waals surface area contributed by atoms with Gasteiger partial charge in [0, 0.05) is 19.3 Å². The van der Waals surface area contributed by atoms with E-state index in [0.717, 1.165) is 173 Å². The van der Waals surface area contributed by atoms with E-state index < -0.39 is 149 Å². The first-order valence-electron chi connectivity index (χ1n) is 49.9. The average Bonchev–Trinajstić information content (AvgIpc) is 0.772. The standard InChI is InChI=1S/C96H181N2O21P/c1-7-13-19-25-31-37-40-46-52-58-64-70-85(102)113-78(67-61-55-49-43-34-28-22-16-10-4)73-83(100)97-89-92(107)91(106)82(116-95(89)108)77-112-96-90(98-84(101)74-79(68-62-56-50-44-35-29-23-17-11-5)114-86(103)71-65-59-53-47-41-38-32-26-20-14-8-2)94(93(81(76-99)117-96)119-120(109,110)111)118-88(105)75-80(69-63-57-51-45-36-30-24-18-12-6)115-87(104)72-66-60-54-48-42-39-33-27-21-15-9-3/h78-82,89-96,99,106-108H,7-77H2,1-6H3,(H,97,100)(H,98,101)(H2,109,110,111)/t78-,79-,80-,81-,82-,89-,90-,91-,92-,93-,94-,95?,96-/m1/s1. The summed E-state index contributed by atoms with van der Waals surface area (Å²) in [5.41, 5.74) is 0. The van der Waals surface area contributed by atoms with Crippen LogP contribution in [0.15, 0.2) is 0 Å². The molecule has 706 valence electrons. The summed E-state index contributed by atoms with van der Waals surface area (Å²) < 4.78 is 61.5. The van der Waals surface area contributed by atoms with Crippen LogP contribution in [0.3, 0.4) is 0 Å². The largest absolute Gasteiger partial charge is 0.470 e. The molecule has 0 radical (unpaired) electrons. The lowest BCUT2D eigenvalue weighted by Gasteiger charge is -2.46. The molecule has 0 aromatic carbocycles. The normalized spacial score (nSPS) is 20.2. The molecule has 0 spiro atoms. The number of hydrogen-bond acceptors (Lipinski definition) is 19. The maximum absolute atomic E-state index is 15.0. The number of aliphatic hydroxyl groups is 4. The van der Waals surface area contributed by atoms with Crippen molar-refractivity contribution in [2.45, 2.75) is 564 Å². The van der Waals surface area contributed by atoms with Crippen molar-refractivity contribution < 1.29 is 101 Å². The number of amides is 2. The van der Waals surface area contributed by atoms with Crippen LogP contribution in [-0.4, -0.2) is 159 Å². The van der Waals surface area contributed by atoms with Gasteiger partial charge in [-0.3, -0.25) is 33.3 Å². The number of aliphatic hydroxyl groups excluding tert-OH is 4. The Morgan fingerprint density at radius 1 is 0.333 bits per heavy atom. The monoisotopic (exact) mass is 1730 g/mol. The van der Waals surface area contributed by atoms with Gasteiger partial charge in [0.1, 0.15) is 60.9 Å². The Bertz CT molecular complexity index is 2510. The number of phosphoric acid groups is 1. The van der Waals surface area contributed by atoms with E-state index in [2.05, 4.69) is 52.2 Å². The molecule has 0 bridgehead atoms. The van der Waals surface area contributed by atoms with Crippen molar-refractivity contribution in [2.75, 3.05) is 13.2 Å². The summed E-state index contributed by atoms with van der Waals surface area (Å²) in [4.78, 5) is 106. The van der Waals surface area contributed by atoms with E-state index >= 15 is 4.79 Å². The first-order chi connectivity index (χ1) is 58.2. The fourth-order valence-electron chi connectivity index (χ4n) is 16.7. The SMILES string of the molecule is CCCCCCCCCCCCCC(=O)O[C@H](CCCCCCCCCCC)CC(=O)N[C@H]1[C@H](OC[C@H]2OC(O)[C@H](NC(=O)C[C@@H](CCCCCCCCCCC)OC(=O)CCCCCCCCCCCCC)[C@@H](O)[C@@H]2O)O[C@H](CO)[C@@H](OP(=O)(O)O)[C@@H]1OC(=O)C[C@@H](CCCCCCCCCCC)OC(=O)CCCCCCCCCCCCC. The summed E-state index contributed by atoms with van der Waals surface area (Å²) in [5.74, 6) is -3.84. The minimum Gasteiger partial charge on any atom is -0.462 e. The van der Waals surface area contributed by atoms with Crippen molar-refractivity contribution >= 4 is 43.5 Å². The zero-order chi connectivity index (χ0) is 87.7. The Balaban J connectivity index is 2.58. The van der Waals surface area contributed by atoms with Gasteiger partial charge in [-0.25, -0.2) is 4.57 Å². The van der Waals surface area contributed by atoms with Crippen molar-refractivity contribution in [1.82, 2.24) is 10.6 Å². The fraction of sp³-hybridized carbons (Fsp3) is 0.938. The first-order valence-corrected chi connectivity index (χ1v) is 51.4. The fourth-order valence-corrected chi connectivity index (χ4v) is 17.3. The van der Waals surface area contributed by atoms with Gasteiger partial charge in [-0.15, -0.1) is 0 Å². The molecule has 13 atom stereocenters. The van der Waals surface area contributed by atoms with Crippen LogP contribution < -0.4 is 10.6 Å². The minimum atomic E-state index is -5.58. The highest BCUT2D eigenvalue weighted by Crippen LogP contribution is 2.43. The maximum Gasteiger partial charge on any atom is 0.470 e. The Morgan fingerprint density at radius 3 is 0.900 bits per heavy atom. The van der Waals surface area contributed by atoms with E-state index in [9.17, 15) is 58.8 Å². The second-order valence-corrected chi connectivity index (χ2v) is 36.7. The Hall–Kier alpha value is -3.35. The van der Waals surface area contributed by atoms with Crippen molar-refractivity contribution in [2.24, 2.45) is 0 Å². The molecule has 2 rings (SSSR count). The number of rotatable bonds is 84. The van der Waals surface area contributed by atoms with Crippen molar-refractivity contribution in [1.29, 1.82) is 0 Å². The Kier molecular flexibility index (Phi) is 72.2. The van der Waals surface area contributed by atoms with Crippen LogP contribution in [-0.2, 0) is 71.0 Å². The number of unbranched alkanes of at least 4 members (excludes halogenated alkanes) is 54. The third kappa shape index (κ3) is 60.3. The summed E-state index contributed by atoms with van der Waals surface area (Å²) in [6, 6.07) is -3.37. The molecule has 2 aliphatic rings. The molecule has 2 amide bonds. The van der Waals surface area contributed by atoms with Gasteiger partial charge in [-0.1, -0.05) is 388 Å². The van der Waals surface area contributed by atoms with Crippen LogP contribution in [0.5, 0.6) is 0 Å². The lowest BCUT2D eigenvalue weighted by Crippen LogP contribution is -2.67. The van der Waals surface area contributed by atoms with E-state index in [1.807, 2.05) is 0 Å². The smallest absolute Gasteiger partial charge is 0.462 e. The Morgan fingerprint density at radius 2 is 0.608 bits per heavy atom. The predicted molar refractivity (Wildman–Crippen MR) is 478 cm³/mol. The molecule has 2 heterocycles. The summed E-state index contributed by atoms with van der Waals surface area (Å²) in [6.45, 7) is 11.4. The van der Waals surface area contributed by atoms with E-state index in [0.29, 0.717) is 51.4 Å². The van der Waals surface area contributed by atoms with Crippen LogP contribution in [0.4, 0.5) is 0 Å². The molecule has 24 heteroatoms. The number of phosphoric ester groups is 1. The molecule has 0 saturated carbocycles. The van der Waals surface area contributed by atoms with Crippen LogP contribution >= 0.6 is 7.82 Å². The van der Waals surface area contributed by atoms with E-state index in [-0.39, 0.29) is 32.1 Å². The lowest BCUT2D eigenvalue weighted by atomic mass is 9.95. The van der Waals surface area contributed by atoms with Crippen LogP contribution in [0.1, 0.15) is 485 Å². The van der Waals surface area contributed by atoms with Crippen LogP contribution in [0.25, 0.3) is 0 Å². The third-order valence-electron chi connectivity index (χ3n) is 24.1. The van der Waals surface area contributed by atoms with Gasteiger partial charge in [0.25, 0.3) is 0 Å². The van der Waals surface area contributed by atoms with E-state index in [1.165, 1.54) is 173 Å². The van der Waals surface area contributed by atoms with Crippen molar-refractivity contribution in [3.05, 3.63) is 0 Å². The van der Waals surface area contributed by atoms with Gasteiger partial charge in [-0.2, -0.15) is 0 Å². The maximum atomic E-state index is 15.0. The second kappa shape index (κ2) is 76.8. The molecule has 120 heavy (non-hydrogen) atoms. The highest BCUT2D eigenvalue weighted by atomic mass is 31.2. The first kappa shape index (κ1) is 113. The quantitative estimate of drug-likeness (QED) is 0.0121. The average molecular weight is 1730 g/mol. The zero-order valence-electron chi connectivity index (χ0n) is 77.0. The molecule has 0 aliphatic carbocycles. The van der Waals surface area contributed by atoms with Gasteiger partial charge in [-0.05, 0) is 57.8 Å². The predicted octanol–water partition coefficient (Wildman–Crippen LogP) is 22.3. The molecule has 8 N–H and O–H groups in total. The molecule has 2 fully saturated rings. The Labute approximate surface area is 729 Å². The number of carbonyl (C=O) groups excluding carboxylic acids is 6. The van der Waals surface area contributed by atoms with Gasteiger partial charge < -0.3 is 74.0 Å². The topological polar surface area (TPSA) is 339 Å². The number of hydrogen-bond donors (Lipinski definition) is 8. The van der Waals surface area contributed by atoms with Crippen molar-refractivity contribution in [3.63, 3.8) is 0 Å². The summed E-state index contributed by atoms with van der Waals surface area (Å²) in [5, 5.41) is 51.8. The van der Waals surface area contributed by atoms with Gasteiger partial charge in [0.2, 0.25) is 11.8 Å². The summed E-state index contributed by atoms with van der Waals surface area (Å²) >= 11 is 0. The van der Waals surface area contributed by atoms with Gasteiger partial charge in [0.05, 0.1) is 32.5 Å². The van der Waals surface area contributed by atoms with Gasteiger partial charge >= 0.3 is 31.7 Å². The second-order valence-electron chi connectivity index (χ2n) is 35.5. The highest BCUT2D eigenvalue weighted by molar-refractivity contribution is 7.46.